The minimum Gasteiger partial charge on any atom is -0.376 e. The zero-order chi connectivity index (χ0) is 10.8. The lowest BCUT2D eigenvalue weighted by Crippen LogP contribution is -2.06. The number of halogens is 2. The molecule has 0 saturated carbocycles. The van der Waals surface area contributed by atoms with Crippen molar-refractivity contribution in [3.63, 3.8) is 0 Å². The Hall–Kier alpha value is -1.24. The van der Waals surface area contributed by atoms with Crippen molar-refractivity contribution in [1.82, 2.24) is 0 Å². The SMILES string of the molecule is N#CC1CC(c2c(Cl)cccc2Cl)=NO1. The van der Waals surface area contributed by atoms with E-state index >= 15 is 0 Å². The summed E-state index contributed by atoms with van der Waals surface area (Å²) in [6.45, 7) is 0. The average Bonchev–Trinajstić information content (AvgIpc) is 2.66. The van der Waals surface area contributed by atoms with E-state index in [0.717, 1.165) is 0 Å². The summed E-state index contributed by atoms with van der Waals surface area (Å²) >= 11 is 12.0. The second-order valence-corrected chi connectivity index (χ2v) is 3.88. The first kappa shape index (κ1) is 10.3. The Balaban J connectivity index is 2.36. The number of rotatable bonds is 1. The molecule has 0 spiro atoms. The summed E-state index contributed by atoms with van der Waals surface area (Å²) in [5.41, 5.74) is 1.27. The smallest absolute Gasteiger partial charge is 0.218 e. The van der Waals surface area contributed by atoms with Gasteiger partial charge in [0.1, 0.15) is 6.07 Å². The monoisotopic (exact) mass is 240 g/mol. The number of hydrogen-bond donors (Lipinski definition) is 0. The van der Waals surface area contributed by atoms with Crippen molar-refractivity contribution in [2.75, 3.05) is 0 Å². The van der Waals surface area contributed by atoms with Crippen LogP contribution in [0.1, 0.15) is 12.0 Å². The maximum Gasteiger partial charge on any atom is 0.218 e. The van der Waals surface area contributed by atoms with Gasteiger partial charge in [0, 0.05) is 12.0 Å². The van der Waals surface area contributed by atoms with E-state index < -0.39 is 6.10 Å². The molecule has 5 heteroatoms. The molecule has 0 fully saturated rings. The maximum atomic E-state index is 8.66. The molecule has 1 aromatic rings. The van der Waals surface area contributed by atoms with Gasteiger partial charge in [0.05, 0.1) is 15.8 Å². The van der Waals surface area contributed by atoms with Crippen LogP contribution in [-0.2, 0) is 4.84 Å². The first-order valence-electron chi connectivity index (χ1n) is 4.29. The van der Waals surface area contributed by atoms with Crippen molar-refractivity contribution >= 4 is 28.9 Å². The number of hydrogen-bond acceptors (Lipinski definition) is 3. The van der Waals surface area contributed by atoms with Crippen LogP contribution in [0.5, 0.6) is 0 Å². The Labute approximate surface area is 96.8 Å². The summed E-state index contributed by atoms with van der Waals surface area (Å²) in [5.74, 6) is 0. The van der Waals surface area contributed by atoms with Gasteiger partial charge in [-0.25, -0.2) is 0 Å². The summed E-state index contributed by atoms with van der Waals surface area (Å²) in [7, 11) is 0. The van der Waals surface area contributed by atoms with Gasteiger partial charge in [0.15, 0.2) is 0 Å². The molecule has 2 rings (SSSR count). The highest BCUT2D eigenvalue weighted by Gasteiger charge is 2.24. The van der Waals surface area contributed by atoms with Crippen molar-refractivity contribution in [2.45, 2.75) is 12.5 Å². The van der Waals surface area contributed by atoms with Crippen LogP contribution < -0.4 is 0 Å². The lowest BCUT2D eigenvalue weighted by Gasteiger charge is -2.03. The molecular formula is C10H6Cl2N2O. The fraction of sp³-hybridized carbons (Fsp3) is 0.200. The molecule has 0 aromatic heterocycles. The molecule has 0 bridgehead atoms. The molecule has 15 heavy (non-hydrogen) atoms. The van der Waals surface area contributed by atoms with Gasteiger partial charge in [0.25, 0.3) is 0 Å². The first-order valence-corrected chi connectivity index (χ1v) is 5.04. The second kappa shape index (κ2) is 4.09. The number of nitrogens with zero attached hydrogens (tertiary/aromatic N) is 2. The summed E-state index contributed by atoms with van der Waals surface area (Å²) < 4.78 is 0. The maximum absolute atomic E-state index is 8.66. The van der Waals surface area contributed by atoms with Crippen LogP contribution in [0.2, 0.25) is 10.0 Å². The second-order valence-electron chi connectivity index (χ2n) is 3.06. The van der Waals surface area contributed by atoms with E-state index in [1.807, 2.05) is 6.07 Å². The minimum absolute atomic E-state index is 0.417. The van der Waals surface area contributed by atoms with Gasteiger partial charge in [-0.1, -0.05) is 34.4 Å². The minimum atomic E-state index is -0.535. The lowest BCUT2D eigenvalue weighted by molar-refractivity contribution is 0.125. The van der Waals surface area contributed by atoms with Gasteiger partial charge in [-0.15, -0.1) is 0 Å². The van der Waals surface area contributed by atoms with Crippen LogP contribution in [0, 0.1) is 11.3 Å². The molecule has 76 valence electrons. The Bertz CT molecular complexity index is 445. The Morgan fingerprint density at radius 2 is 2.07 bits per heavy atom. The van der Waals surface area contributed by atoms with Crippen molar-refractivity contribution in [1.29, 1.82) is 5.26 Å². The molecular weight excluding hydrogens is 235 g/mol. The Morgan fingerprint density at radius 1 is 1.40 bits per heavy atom. The van der Waals surface area contributed by atoms with Crippen molar-refractivity contribution < 1.29 is 4.84 Å². The third kappa shape index (κ3) is 1.92. The van der Waals surface area contributed by atoms with Crippen molar-refractivity contribution in [3.05, 3.63) is 33.8 Å². The molecule has 1 unspecified atom stereocenters. The predicted octanol–water partition coefficient (Wildman–Crippen LogP) is 3.01. The first-order chi connectivity index (χ1) is 7.22. The summed E-state index contributed by atoms with van der Waals surface area (Å²) in [6.07, 6.45) is -0.118. The van der Waals surface area contributed by atoms with Gasteiger partial charge in [0.2, 0.25) is 6.10 Å². The number of nitriles is 1. The summed E-state index contributed by atoms with van der Waals surface area (Å²) in [4.78, 5) is 4.89. The van der Waals surface area contributed by atoms with E-state index in [-0.39, 0.29) is 0 Å². The fourth-order valence-electron chi connectivity index (χ4n) is 1.37. The fourth-order valence-corrected chi connectivity index (χ4v) is 1.98. The largest absolute Gasteiger partial charge is 0.376 e. The third-order valence-electron chi connectivity index (χ3n) is 2.06. The molecule has 1 heterocycles. The topological polar surface area (TPSA) is 45.4 Å². The highest BCUT2D eigenvalue weighted by atomic mass is 35.5. The van der Waals surface area contributed by atoms with E-state index in [2.05, 4.69) is 5.16 Å². The molecule has 0 amide bonds. The standard InChI is InChI=1S/C10H6Cl2N2O/c11-7-2-1-3-8(12)10(7)9-4-6(5-13)15-14-9/h1-3,6H,4H2. The van der Waals surface area contributed by atoms with Gasteiger partial charge < -0.3 is 4.84 Å². The van der Waals surface area contributed by atoms with Gasteiger partial charge in [-0.05, 0) is 12.1 Å². The van der Waals surface area contributed by atoms with Crippen LogP contribution in [-0.4, -0.2) is 11.8 Å². The average molecular weight is 241 g/mol. The van der Waals surface area contributed by atoms with Gasteiger partial charge in [-0.3, -0.25) is 0 Å². The zero-order valence-corrected chi connectivity index (χ0v) is 9.09. The van der Waals surface area contributed by atoms with Crippen LogP contribution >= 0.6 is 23.2 Å². The molecule has 0 radical (unpaired) electrons. The quantitative estimate of drug-likeness (QED) is 0.758. The molecule has 0 N–H and O–H groups in total. The molecule has 1 aliphatic rings. The zero-order valence-electron chi connectivity index (χ0n) is 7.58. The van der Waals surface area contributed by atoms with E-state index in [1.54, 1.807) is 18.2 Å². The van der Waals surface area contributed by atoms with Crippen LogP contribution in [0.4, 0.5) is 0 Å². The van der Waals surface area contributed by atoms with Gasteiger partial charge >= 0.3 is 0 Å². The van der Waals surface area contributed by atoms with E-state index in [1.165, 1.54) is 0 Å². The van der Waals surface area contributed by atoms with E-state index in [9.17, 15) is 0 Å². The van der Waals surface area contributed by atoms with Crippen LogP contribution in [0.15, 0.2) is 23.4 Å². The normalized spacial score (nSPS) is 19.3. The molecule has 0 saturated heterocycles. The highest BCUT2D eigenvalue weighted by molar-refractivity contribution is 6.40. The summed E-state index contributed by atoms with van der Waals surface area (Å²) in [5, 5.41) is 13.5. The highest BCUT2D eigenvalue weighted by Crippen LogP contribution is 2.28. The molecule has 0 aliphatic carbocycles. The lowest BCUT2D eigenvalue weighted by atomic mass is 10.1. The Morgan fingerprint density at radius 3 is 2.60 bits per heavy atom. The summed E-state index contributed by atoms with van der Waals surface area (Å²) in [6, 6.07) is 7.19. The number of oxime groups is 1. The van der Waals surface area contributed by atoms with Gasteiger partial charge in [-0.2, -0.15) is 5.26 Å². The molecule has 1 aromatic carbocycles. The van der Waals surface area contributed by atoms with E-state index in [4.69, 9.17) is 33.3 Å². The molecule has 1 aliphatic heterocycles. The molecule has 3 nitrogen and oxygen atoms in total. The van der Waals surface area contributed by atoms with Crippen molar-refractivity contribution in [3.8, 4) is 6.07 Å². The van der Waals surface area contributed by atoms with Crippen molar-refractivity contribution in [2.24, 2.45) is 5.16 Å². The Kier molecular flexibility index (Phi) is 2.81. The molecule has 1 atom stereocenters. The third-order valence-corrected chi connectivity index (χ3v) is 2.69. The number of benzene rings is 1. The van der Waals surface area contributed by atoms with Crippen LogP contribution in [0.3, 0.4) is 0 Å². The predicted molar refractivity (Wildman–Crippen MR) is 58.1 cm³/mol. The van der Waals surface area contributed by atoms with E-state index in [0.29, 0.717) is 27.7 Å². The van der Waals surface area contributed by atoms with Crippen LogP contribution in [0.25, 0.3) is 0 Å².